The number of carbonyl (C=O) groups is 2. The van der Waals surface area contributed by atoms with Crippen LogP contribution in [0.15, 0.2) is 42.6 Å². The molecule has 0 saturated carbocycles. The Hall–Kier alpha value is -2.40. The molecular weight excluding hydrogens is 278 g/mol. The second-order valence-corrected chi connectivity index (χ2v) is 4.76. The maximum absolute atomic E-state index is 12.4. The van der Waals surface area contributed by atoms with Gasteiger partial charge < -0.3 is 0 Å². The van der Waals surface area contributed by atoms with Gasteiger partial charge in [-0.25, -0.2) is 4.98 Å². The monoisotopic (exact) mass is 287 g/mol. The molecule has 0 N–H and O–H groups in total. The van der Waals surface area contributed by atoms with Crippen LogP contribution in [0.1, 0.15) is 20.7 Å². The molecule has 100 valence electrons. The third-order valence-electron chi connectivity index (χ3n) is 3.11. The number of benzene rings is 1. The summed E-state index contributed by atoms with van der Waals surface area (Å²) in [5.41, 5.74) is 0.660. The van der Waals surface area contributed by atoms with Gasteiger partial charge in [-0.2, -0.15) is 5.01 Å². The lowest BCUT2D eigenvalue weighted by atomic mass is 10.1. The van der Waals surface area contributed by atoms with Crippen molar-refractivity contribution in [1.29, 1.82) is 0 Å². The zero-order chi connectivity index (χ0) is 14.3. The number of aromatic nitrogens is 1. The number of amides is 2. The molecule has 1 aliphatic rings. The molecule has 0 radical (unpaired) electrons. The fourth-order valence-corrected chi connectivity index (χ4v) is 2.29. The van der Waals surface area contributed by atoms with Crippen molar-refractivity contribution in [3.63, 3.8) is 0 Å². The van der Waals surface area contributed by atoms with E-state index in [-0.39, 0.29) is 5.91 Å². The summed E-state index contributed by atoms with van der Waals surface area (Å²) < 4.78 is 0. The molecule has 2 amide bonds. The Labute approximate surface area is 120 Å². The average Bonchev–Trinajstić information content (AvgIpc) is 2.71. The van der Waals surface area contributed by atoms with E-state index in [1.165, 1.54) is 11.1 Å². The predicted molar refractivity (Wildman–Crippen MR) is 74.6 cm³/mol. The summed E-state index contributed by atoms with van der Waals surface area (Å²) in [4.78, 5) is 28.8. The number of hydrogen-bond acceptors (Lipinski definition) is 4. The average molecular weight is 288 g/mol. The Balaban J connectivity index is 2.02. The Bertz CT molecular complexity index is 703. The number of rotatable bonds is 2. The predicted octanol–water partition coefficient (Wildman–Crippen LogP) is 2.38. The van der Waals surface area contributed by atoms with Crippen molar-refractivity contribution in [2.45, 2.75) is 0 Å². The largest absolute Gasteiger partial charge is 0.280 e. The molecular formula is C14H10ClN3O2. The fraction of sp³-hybridized carbons (Fsp3) is 0.0714. The minimum absolute atomic E-state index is 0.310. The SMILES string of the molecule is CN(c1ccccn1)N1C(=O)c2ccc(Cl)cc2C1=O. The van der Waals surface area contributed by atoms with Crippen LogP contribution in [0.3, 0.4) is 0 Å². The van der Waals surface area contributed by atoms with Gasteiger partial charge in [0, 0.05) is 18.3 Å². The number of hydrogen-bond donors (Lipinski definition) is 0. The number of halogens is 1. The van der Waals surface area contributed by atoms with Crippen molar-refractivity contribution in [2.24, 2.45) is 0 Å². The molecule has 2 aromatic rings. The van der Waals surface area contributed by atoms with E-state index in [4.69, 9.17) is 11.6 Å². The van der Waals surface area contributed by atoms with Crippen LogP contribution < -0.4 is 5.01 Å². The molecule has 0 bridgehead atoms. The highest BCUT2D eigenvalue weighted by Crippen LogP contribution is 2.27. The van der Waals surface area contributed by atoms with Crippen LogP contribution in [0.2, 0.25) is 5.02 Å². The Kier molecular flexibility index (Phi) is 2.91. The second kappa shape index (κ2) is 4.61. The minimum Gasteiger partial charge on any atom is -0.267 e. The van der Waals surface area contributed by atoms with E-state index < -0.39 is 5.91 Å². The summed E-state index contributed by atoms with van der Waals surface area (Å²) in [6.45, 7) is 0. The van der Waals surface area contributed by atoms with Crippen LogP contribution >= 0.6 is 11.6 Å². The molecule has 0 unspecified atom stereocenters. The summed E-state index contributed by atoms with van der Waals surface area (Å²) in [6.07, 6.45) is 1.60. The van der Waals surface area contributed by atoms with Crippen molar-refractivity contribution < 1.29 is 9.59 Å². The smallest absolute Gasteiger partial charge is 0.267 e. The molecule has 5 nitrogen and oxygen atoms in total. The van der Waals surface area contributed by atoms with Gasteiger partial charge in [0.05, 0.1) is 11.1 Å². The molecule has 3 rings (SSSR count). The van der Waals surface area contributed by atoms with E-state index in [9.17, 15) is 9.59 Å². The Morgan fingerprint density at radius 1 is 1.10 bits per heavy atom. The van der Waals surface area contributed by atoms with Crippen molar-refractivity contribution in [3.05, 3.63) is 58.7 Å². The van der Waals surface area contributed by atoms with Gasteiger partial charge in [0.25, 0.3) is 11.8 Å². The van der Waals surface area contributed by atoms with Crippen LogP contribution in [0.4, 0.5) is 5.82 Å². The van der Waals surface area contributed by atoms with E-state index in [2.05, 4.69) is 4.98 Å². The van der Waals surface area contributed by atoms with E-state index in [0.29, 0.717) is 22.0 Å². The molecule has 0 atom stereocenters. The molecule has 1 aromatic carbocycles. The van der Waals surface area contributed by atoms with Gasteiger partial charge in [0.1, 0.15) is 5.82 Å². The first-order chi connectivity index (χ1) is 9.59. The lowest BCUT2D eigenvalue weighted by Crippen LogP contribution is -2.44. The van der Waals surface area contributed by atoms with Crippen molar-refractivity contribution in [1.82, 2.24) is 9.99 Å². The van der Waals surface area contributed by atoms with E-state index in [1.54, 1.807) is 43.6 Å². The highest BCUT2D eigenvalue weighted by molar-refractivity contribution is 6.32. The summed E-state index contributed by atoms with van der Waals surface area (Å²) >= 11 is 5.87. The summed E-state index contributed by atoms with van der Waals surface area (Å²) in [5.74, 6) is -0.274. The van der Waals surface area contributed by atoms with E-state index >= 15 is 0 Å². The second-order valence-electron chi connectivity index (χ2n) is 4.32. The molecule has 0 aliphatic carbocycles. The van der Waals surface area contributed by atoms with Gasteiger partial charge in [-0.1, -0.05) is 17.7 Å². The first-order valence-electron chi connectivity index (χ1n) is 5.92. The zero-order valence-corrected chi connectivity index (χ0v) is 11.3. The molecule has 0 fully saturated rings. The standard InChI is InChI=1S/C14H10ClN3O2/c1-17(12-4-2-3-7-16-12)18-13(19)10-6-5-9(15)8-11(10)14(18)20/h2-8H,1H3. The van der Waals surface area contributed by atoms with Gasteiger partial charge in [-0.3, -0.25) is 14.6 Å². The van der Waals surface area contributed by atoms with Crippen molar-refractivity contribution in [2.75, 3.05) is 12.1 Å². The number of hydrazine groups is 1. The topological polar surface area (TPSA) is 53.5 Å². The zero-order valence-electron chi connectivity index (χ0n) is 10.6. The van der Waals surface area contributed by atoms with Crippen LogP contribution in [0.5, 0.6) is 0 Å². The van der Waals surface area contributed by atoms with E-state index in [0.717, 1.165) is 5.01 Å². The number of imide groups is 1. The number of anilines is 1. The molecule has 20 heavy (non-hydrogen) atoms. The Morgan fingerprint density at radius 2 is 1.85 bits per heavy atom. The van der Waals surface area contributed by atoms with Crippen LogP contribution in [-0.2, 0) is 0 Å². The van der Waals surface area contributed by atoms with Crippen LogP contribution in [0.25, 0.3) is 0 Å². The third-order valence-corrected chi connectivity index (χ3v) is 3.34. The van der Waals surface area contributed by atoms with Crippen LogP contribution in [0, 0.1) is 0 Å². The maximum Gasteiger partial charge on any atom is 0.280 e. The molecule has 6 heteroatoms. The van der Waals surface area contributed by atoms with Gasteiger partial charge >= 0.3 is 0 Å². The lowest BCUT2D eigenvalue weighted by Gasteiger charge is -2.26. The van der Waals surface area contributed by atoms with E-state index in [1.807, 2.05) is 0 Å². The molecule has 1 aliphatic heterocycles. The van der Waals surface area contributed by atoms with Crippen LogP contribution in [-0.4, -0.2) is 28.9 Å². The maximum atomic E-state index is 12.4. The lowest BCUT2D eigenvalue weighted by molar-refractivity contribution is 0.0643. The van der Waals surface area contributed by atoms with Gasteiger partial charge in [0.2, 0.25) is 0 Å². The number of carbonyl (C=O) groups excluding carboxylic acids is 2. The summed E-state index contributed by atoms with van der Waals surface area (Å²) in [7, 11) is 1.62. The quantitative estimate of drug-likeness (QED) is 0.796. The number of nitrogens with zero attached hydrogens (tertiary/aromatic N) is 3. The molecule has 2 heterocycles. The highest BCUT2D eigenvalue weighted by Gasteiger charge is 2.38. The number of fused-ring (bicyclic) bond motifs is 1. The summed E-state index contributed by atoms with van der Waals surface area (Å²) in [6, 6.07) is 9.92. The van der Waals surface area contributed by atoms with Gasteiger partial charge in [0.15, 0.2) is 0 Å². The number of pyridine rings is 1. The first-order valence-corrected chi connectivity index (χ1v) is 6.30. The van der Waals surface area contributed by atoms with Crippen molar-refractivity contribution >= 4 is 29.2 Å². The normalized spacial score (nSPS) is 13.6. The van der Waals surface area contributed by atoms with Gasteiger partial charge in [-0.15, -0.1) is 0 Å². The van der Waals surface area contributed by atoms with Crippen molar-refractivity contribution in [3.8, 4) is 0 Å². The molecule has 0 saturated heterocycles. The minimum atomic E-state index is -0.402. The third kappa shape index (κ3) is 1.83. The Morgan fingerprint density at radius 3 is 2.55 bits per heavy atom. The van der Waals surface area contributed by atoms with Gasteiger partial charge in [-0.05, 0) is 30.3 Å². The molecule has 0 spiro atoms. The highest BCUT2D eigenvalue weighted by atomic mass is 35.5. The first kappa shape index (κ1) is 12.6. The fourth-order valence-electron chi connectivity index (χ4n) is 2.12. The molecule has 1 aromatic heterocycles. The summed E-state index contributed by atoms with van der Waals surface area (Å²) in [5, 5.41) is 2.91.